The lowest BCUT2D eigenvalue weighted by Gasteiger charge is -2.18. The second kappa shape index (κ2) is 67.1. The standard InChI is InChI=1S/C73H128O6/c1-4-7-10-13-16-19-22-25-27-29-31-33-34-35-36-37-38-40-41-43-45-48-51-54-57-60-63-66-72(75)78-69-70(68-77-71(74)65-62-59-56-53-50-47-24-21-18-15-12-9-6-3)79-73(76)67-64-61-58-55-52-49-46-44-42-39-32-30-28-26-23-20-17-14-11-8-5-2/h9,12,18,21,23,26,30,32,42,44,47,50,56,59,70H,4-8,10-11,13-17,19-20,22,24-25,27-29,31,33-41,43,45-46,48-49,51-55,57-58,60-69H2,1-3H3/b12-9-,21-18-,26-23-,32-30-,44-42-,50-47-,59-56-. The Morgan fingerprint density at radius 1 is 0.266 bits per heavy atom. The highest BCUT2D eigenvalue weighted by Crippen LogP contribution is 2.18. The highest BCUT2D eigenvalue weighted by molar-refractivity contribution is 5.71. The van der Waals surface area contributed by atoms with E-state index in [2.05, 4.69) is 99.8 Å². The van der Waals surface area contributed by atoms with E-state index in [1.54, 1.807) is 0 Å². The van der Waals surface area contributed by atoms with Crippen molar-refractivity contribution in [2.24, 2.45) is 0 Å². The molecule has 0 aromatic rings. The molecular formula is C73H128O6. The van der Waals surface area contributed by atoms with Crippen molar-refractivity contribution in [3.63, 3.8) is 0 Å². The van der Waals surface area contributed by atoms with E-state index in [9.17, 15) is 14.4 Å². The third-order valence-electron chi connectivity index (χ3n) is 14.9. The van der Waals surface area contributed by atoms with Crippen LogP contribution in [0.2, 0.25) is 0 Å². The first-order valence-corrected chi connectivity index (χ1v) is 34.1. The SMILES string of the molecule is CC/C=C\C/C=C\C/C=C\C/C=C\CCC(=O)OCC(COC(=O)CCCCCCCCCCCCCCCCCCCCCCCCCCCCC)OC(=O)CCCCCCCC/C=C\C/C=C\C/C=C\CCCCCCC. The lowest BCUT2D eigenvalue weighted by atomic mass is 10.0. The summed E-state index contributed by atoms with van der Waals surface area (Å²) in [5, 5.41) is 0. The van der Waals surface area contributed by atoms with Crippen LogP contribution in [0.15, 0.2) is 85.1 Å². The number of hydrogen-bond donors (Lipinski definition) is 0. The van der Waals surface area contributed by atoms with Gasteiger partial charge in [-0.3, -0.25) is 14.4 Å². The Balaban J connectivity index is 4.30. The number of ether oxygens (including phenoxy) is 3. The van der Waals surface area contributed by atoms with Crippen LogP contribution in [-0.4, -0.2) is 37.2 Å². The Bertz CT molecular complexity index is 1500. The van der Waals surface area contributed by atoms with E-state index in [1.807, 2.05) is 6.08 Å². The first kappa shape index (κ1) is 75.6. The van der Waals surface area contributed by atoms with Gasteiger partial charge in [-0.15, -0.1) is 0 Å². The molecule has 6 heteroatoms. The molecule has 0 saturated heterocycles. The Labute approximate surface area is 490 Å². The summed E-state index contributed by atoms with van der Waals surface area (Å²) in [4.78, 5) is 38.3. The first-order valence-electron chi connectivity index (χ1n) is 34.1. The molecule has 0 aromatic carbocycles. The molecule has 0 heterocycles. The Morgan fingerprint density at radius 2 is 0.519 bits per heavy atom. The minimum atomic E-state index is -0.813. The van der Waals surface area contributed by atoms with Gasteiger partial charge in [0.05, 0.1) is 0 Å². The van der Waals surface area contributed by atoms with Gasteiger partial charge < -0.3 is 14.2 Å². The highest BCUT2D eigenvalue weighted by atomic mass is 16.6. The molecule has 0 aliphatic carbocycles. The molecule has 1 unspecified atom stereocenters. The van der Waals surface area contributed by atoms with Crippen molar-refractivity contribution < 1.29 is 28.6 Å². The van der Waals surface area contributed by atoms with Gasteiger partial charge in [-0.05, 0) is 83.5 Å². The molecule has 0 spiro atoms. The molecule has 0 rings (SSSR count). The molecule has 0 aromatic heterocycles. The van der Waals surface area contributed by atoms with Gasteiger partial charge in [-0.25, -0.2) is 0 Å². The Kier molecular flexibility index (Phi) is 64.2. The van der Waals surface area contributed by atoms with Crippen molar-refractivity contribution in [1.82, 2.24) is 0 Å². The molecule has 0 fully saturated rings. The number of allylic oxidation sites excluding steroid dienone is 14. The van der Waals surface area contributed by atoms with E-state index in [1.165, 1.54) is 205 Å². The monoisotopic (exact) mass is 1100 g/mol. The fourth-order valence-electron chi connectivity index (χ4n) is 9.82. The smallest absolute Gasteiger partial charge is 0.306 e. The largest absolute Gasteiger partial charge is 0.462 e. The molecule has 79 heavy (non-hydrogen) atoms. The highest BCUT2D eigenvalue weighted by Gasteiger charge is 2.19. The normalized spacial score (nSPS) is 12.6. The van der Waals surface area contributed by atoms with Crippen molar-refractivity contribution in [3.8, 4) is 0 Å². The molecule has 0 amide bonds. The maximum Gasteiger partial charge on any atom is 0.306 e. The average molecular weight is 1100 g/mol. The number of rotatable bonds is 62. The first-order chi connectivity index (χ1) is 39.0. The van der Waals surface area contributed by atoms with Crippen LogP contribution >= 0.6 is 0 Å². The molecule has 1 atom stereocenters. The van der Waals surface area contributed by atoms with Gasteiger partial charge in [0.25, 0.3) is 0 Å². The zero-order valence-electron chi connectivity index (χ0n) is 52.4. The van der Waals surface area contributed by atoms with Crippen LogP contribution < -0.4 is 0 Å². The van der Waals surface area contributed by atoms with E-state index in [0.717, 1.165) is 89.9 Å². The van der Waals surface area contributed by atoms with Crippen molar-refractivity contribution in [2.75, 3.05) is 13.2 Å². The van der Waals surface area contributed by atoms with Crippen LogP contribution in [0.25, 0.3) is 0 Å². The molecule has 6 nitrogen and oxygen atoms in total. The molecule has 0 saturated carbocycles. The van der Waals surface area contributed by atoms with Crippen LogP contribution in [0.1, 0.15) is 342 Å². The summed E-state index contributed by atoms with van der Waals surface area (Å²) < 4.78 is 16.9. The predicted octanol–water partition coefficient (Wildman–Crippen LogP) is 23.4. The second-order valence-corrected chi connectivity index (χ2v) is 22.7. The predicted molar refractivity (Wildman–Crippen MR) is 344 cm³/mol. The quantitative estimate of drug-likeness (QED) is 0.0261. The summed E-state index contributed by atoms with van der Waals surface area (Å²) >= 11 is 0. The third-order valence-corrected chi connectivity index (χ3v) is 14.9. The average Bonchev–Trinajstić information content (AvgIpc) is 3.45. The van der Waals surface area contributed by atoms with Crippen LogP contribution in [-0.2, 0) is 28.6 Å². The van der Waals surface area contributed by atoms with E-state index in [4.69, 9.17) is 14.2 Å². The fraction of sp³-hybridized carbons (Fsp3) is 0.767. The molecule has 0 aliphatic rings. The number of hydrogen-bond acceptors (Lipinski definition) is 6. The lowest BCUT2D eigenvalue weighted by Crippen LogP contribution is -2.30. The lowest BCUT2D eigenvalue weighted by molar-refractivity contribution is -0.166. The zero-order valence-corrected chi connectivity index (χ0v) is 52.4. The molecular weight excluding hydrogens is 973 g/mol. The van der Waals surface area contributed by atoms with E-state index in [0.29, 0.717) is 19.3 Å². The van der Waals surface area contributed by atoms with Crippen LogP contribution in [0.5, 0.6) is 0 Å². The fourth-order valence-corrected chi connectivity index (χ4v) is 9.82. The van der Waals surface area contributed by atoms with E-state index in [-0.39, 0.29) is 37.5 Å². The Hall–Kier alpha value is -3.41. The summed E-state index contributed by atoms with van der Waals surface area (Å²) in [5.74, 6) is -0.985. The molecule has 0 bridgehead atoms. The number of unbranched alkanes of at least 4 members (excludes halogenated alkanes) is 37. The van der Waals surface area contributed by atoms with Crippen LogP contribution in [0.4, 0.5) is 0 Å². The zero-order chi connectivity index (χ0) is 57.1. The van der Waals surface area contributed by atoms with E-state index >= 15 is 0 Å². The van der Waals surface area contributed by atoms with Gasteiger partial charge in [-0.2, -0.15) is 0 Å². The summed E-state index contributed by atoms with van der Waals surface area (Å²) in [5.41, 5.74) is 0. The van der Waals surface area contributed by atoms with Gasteiger partial charge in [0.15, 0.2) is 6.10 Å². The summed E-state index contributed by atoms with van der Waals surface area (Å²) in [6.45, 7) is 6.48. The number of carbonyl (C=O) groups excluding carboxylic acids is 3. The second-order valence-electron chi connectivity index (χ2n) is 22.7. The summed E-state index contributed by atoms with van der Waals surface area (Å²) in [7, 11) is 0. The van der Waals surface area contributed by atoms with E-state index < -0.39 is 6.10 Å². The number of esters is 3. The summed E-state index contributed by atoms with van der Waals surface area (Å²) in [6, 6.07) is 0. The van der Waals surface area contributed by atoms with Crippen LogP contribution in [0, 0.1) is 0 Å². The summed E-state index contributed by atoms with van der Waals surface area (Å²) in [6.07, 6.45) is 89.2. The molecule has 0 N–H and O–H groups in total. The van der Waals surface area contributed by atoms with Crippen molar-refractivity contribution in [3.05, 3.63) is 85.1 Å². The van der Waals surface area contributed by atoms with Gasteiger partial charge in [0.1, 0.15) is 13.2 Å². The third kappa shape index (κ3) is 65.3. The van der Waals surface area contributed by atoms with Crippen molar-refractivity contribution >= 4 is 17.9 Å². The minimum absolute atomic E-state index is 0.102. The Morgan fingerprint density at radius 3 is 0.848 bits per heavy atom. The van der Waals surface area contributed by atoms with Gasteiger partial charge in [-0.1, -0.05) is 324 Å². The van der Waals surface area contributed by atoms with Gasteiger partial charge in [0.2, 0.25) is 0 Å². The molecule has 0 aliphatic heterocycles. The molecule has 0 radical (unpaired) electrons. The number of carbonyl (C=O) groups is 3. The maximum absolute atomic E-state index is 12.9. The maximum atomic E-state index is 12.9. The van der Waals surface area contributed by atoms with Gasteiger partial charge >= 0.3 is 17.9 Å². The van der Waals surface area contributed by atoms with Crippen molar-refractivity contribution in [1.29, 1.82) is 0 Å². The van der Waals surface area contributed by atoms with Gasteiger partial charge in [0, 0.05) is 19.3 Å². The molecule has 456 valence electrons. The van der Waals surface area contributed by atoms with Crippen molar-refractivity contribution in [2.45, 2.75) is 348 Å². The van der Waals surface area contributed by atoms with Crippen LogP contribution in [0.3, 0.4) is 0 Å². The topological polar surface area (TPSA) is 78.9 Å². The minimum Gasteiger partial charge on any atom is -0.462 e.